The quantitative estimate of drug-likeness (QED) is 0.787. The van der Waals surface area contributed by atoms with Gasteiger partial charge in [-0.05, 0) is 26.0 Å². The molecule has 2 aromatic rings. The van der Waals surface area contributed by atoms with Gasteiger partial charge in [0.2, 0.25) is 0 Å². The fraction of sp³-hybridized carbons (Fsp3) is 0.312. The zero-order chi connectivity index (χ0) is 17.0. The largest absolute Gasteiger partial charge is 0.465 e. The van der Waals surface area contributed by atoms with Crippen LogP contribution in [0, 0.1) is 6.92 Å². The first-order valence-corrected chi connectivity index (χ1v) is 7.55. The molecule has 0 fully saturated rings. The Balaban J connectivity index is 2.28. The van der Waals surface area contributed by atoms with Crippen molar-refractivity contribution in [3.8, 4) is 5.69 Å². The molecule has 0 atom stereocenters. The van der Waals surface area contributed by atoms with Crippen LogP contribution in [-0.2, 0) is 9.53 Å². The van der Waals surface area contributed by atoms with Gasteiger partial charge in [0.05, 0.1) is 23.6 Å². The van der Waals surface area contributed by atoms with E-state index in [2.05, 4.69) is 5.10 Å². The second-order valence-electron chi connectivity index (χ2n) is 4.96. The minimum Gasteiger partial charge on any atom is -0.465 e. The molecule has 0 aliphatic heterocycles. The number of likely N-dealkylation sites (N-methyl/N-ethyl adjacent to an activating group) is 1. The first-order chi connectivity index (χ1) is 11.0. The molecule has 23 heavy (non-hydrogen) atoms. The molecule has 0 bridgehead atoms. The van der Waals surface area contributed by atoms with Crippen molar-refractivity contribution in [3.05, 3.63) is 46.7 Å². The Bertz CT molecular complexity index is 713. The predicted molar refractivity (Wildman–Crippen MR) is 86.9 cm³/mol. The molecule has 0 aliphatic carbocycles. The molecule has 2 rings (SSSR count). The van der Waals surface area contributed by atoms with Gasteiger partial charge in [0.1, 0.15) is 11.7 Å². The van der Waals surface area contributed by atoms with E-state index in [-0.39, 0.29) is 29.8 Å². The summed E-state index contributed by atoms with van der Waals surface area (Å²) in [6, 6.07) is 9.28. The average Bonchev–Trinajstić information content (AvgIpc) is 2.82. The van der Waals surface area contributed by atoms with Crippen LogP contribution < -0.4 is 0 Å². The number of ether oxygens (including phenoxy) is 1. The van der Waals surface area contributed by atoms with E-state index in [4.69, 9.17) is 16.3 Å². The lowest BCUT2D eigenvalue weighted by Crippen LogP contribution is -2.33. The molecular formula is C16H18ClN3O3. The fourth-order valence-electron chi connectivity index (χ4n) is 2.15. The van der Waals surface area contributed by atoms with Crippen molar-refractivity contribution in [3.63, 3.8) is 0 Å². The van der Waals surface area contributed by atoms with Crippen LogP contribution in [0.15, 0.2) is 30.3 Å². The number of hydrogen-bond acceptors (Lipinski definition) is 4. The number of carbonyl (C=O) groups is 2. The van der Waals surface area contributed by atoms with E-state index in [0.29, 0.717) is 5.69 Å². The SMILES string of the molecule is CCOC(=O)CN(C)C(=O)c1c(C)nn(-c2ccccc2)c1Cl. The Hall–Kier alpha value is -2.34. The highest BCUT2D eigenvalue weighted by molar-refractivity contribution is 6.33. The highest BCUT2D eigenvalue weighted by atomic mass is 35.5. The standard InChI is InChI=1S/C16H18ClN3O3/c1-4-23-13(21)10-19(3)16(22)14-11(2)18-20(15(14)17)12-8-6-5-7-9-12/h5-9H,4,10H2,1-3H3. The van der Waals surface area contributed by atoms with Crippen molar-refractivity contribution in [1.29, 1.82) is 0 Å². The van der Waals surface area contributed by atoms with Crippen LogP contribution in [0.3, 0.4) is 0 Å². The maximum Gasteiger partial charge on any atom is 0.325 e. The number of halogens is 1. The maximum absolute atomic E-state index is 12.6. The summed E-state index contributed by atoms with van der Waals surface area (Å²) in [4.78, 5) is 25.3. The number of carbonyl (C=O) groups excluding carboxylic acids is 2. The van der Waals surface area contributed by atoms with E-state index in [1.54, 1.807) is 13.8 Å². The van der Waals surface area contributed by atoms with E-state index < -0.39 is 5.97 Å². The molecule has 1 heterocycles. The summed E-state index contributed by atoms with van der Waals surface area (Å²) < 4.78 is 6.35. The number of aromatic nitrogens is 2. The number of benzene rings is 1. The van der Waals surface area contributed by atoms with Gasteiger partial charge in [-0.2, -0.15) is 5.10 Å². The van der Waals surface area contributed by atoms with Gasteiger partial charge >= 0.3 is 5.97 Å². The summed E-state index contributed by atoms with van der Waals surface area (Å²) in [5.41, 5.74) is 1.54. The lowest BCUT2D eigenvalue weighted by atomic mass is 10.2. The van der Waals surface area contributed by atoms with Gasteiger partial charge in [-0.25, -0.2) is 4.68 Å². The topological polar surface area (TPSA) is 64.4 Å². The molecule has 0 N–H and O–H groups in total. The molecule has 0 saturated heterocycles. The van der Waals surface area contributed by atoms with E-state index >= 15 is 0 Å². The molecule has 0 spiro atoms. The van der Waals surface area contributed by atoms with Gasteiger partial charge in [0.15, 0.2) is 0 Å². The third-order valence-electron chi connectivity index (χ3n) is 3.24. The molecule has 1 aromatic heterocycles. The van der Waals surface area contributed by atoms with Crippen LogP contribution >= 0.6 is 11.6 Å². The van der Waals surface area contributed by atoms with E-state index in [1.807, 2.05) is 30.3 Å². The zero-order valence-corrected chi connectivity index (χ0v) is 14.0. The minimum atomic E-state index is -0.465. The number of nitrogens with zero attached hydrogens (tertiary/aromatic N) is 3. The number of amides is 1. The highest BCUT2D eigenvalue weighted by Gasteiger charge is 2.25. The predicted octanol–water partition coefficient (Wildman–Crippen LogP) is 2.47. The summed E-state index contributed by atoms with van der Waals surface area (Å²) in [5, 5.41) is 4.54. The average molecular weight is 336 g/mol. The Kier molecular flexibility index (Phi) is 5.39. The second-order valence-corrected chi connectivity index (χ2v) is 5.32. The monoisotopic (exact) mass is 335 g/mol. The smallest absolute Gasteiger partial charge is 0.325 e. The lowest BCUT2D eigenvalue weighted by molar-refractivity contribution is -0.143. The summed E-state index contributed by atoms with van der Waals surface area (Å²) in [7, 11) is 1.52. The summed E-state index contributed by atoms with van der Waals surface area (Å²) in [5.74, 6) is -0.838. The van der Waals surface area contributed by atoms with Crippen LogP contribution in [-0.4, -0.2) is 46.8 Å². The van der Waals surface area contributed by atoms with Gasteiger partial charge in [-0.3, -0.25) is 9.59 Å². The normalized spacial score (nSPS) is 10.4. The number of rotatable bonds is 5. The third-order valence-corrected chi connectivity index (χ3v) is 3.59. The van der Waals surface area contributed by atoms with Crippen LogP contribution in [0.1, 0.15) is 23.0 Å². The maximum atomic E-state index is 12.6. The van der Waals surface area contributed by atoms with Gasteiger partial charge in [-0.15, -0.1) is 0 Å². The van der Waals surface area contributed by atoms with Crippen molar-refractivity contribution >= 4 is 23.5 Å². The van der Waals surface area contributed by atoms with Gasteiger partial charge in [-0.1, -0.05) is 29.8 Å². The Labute approximate surface area is 139 Å². The first-order valence-electron chi connectivity index (χ1n) is 7.17. The van der Waals surface area contributed by atoms with Crippen molar-refractivity contribution in [2.45, 2.75) is 13.8 Å². The lowest BCUT2D eigenvalue weighted by Gasteiger charge is -2.15. The molecule has 0 saturated carbocycles. The third kappa shape index (κ3) is 3.71. The molecular weight excluding hydrogens is 318 g/mol. The Morgan fingerprint density at radius 2 is 1.96 bits per heavy atom. The van der Waals surface area contributed by atoms with Crippen LogP contribution in [0.4, 0.5) is 0 Å². The molecule has 122 valence electrons. The molecule has 0 aliphatic rings. The summed E-state index contributed by atoms with van der Waals surface area (Å²) in [6.45, 7) is 3.55. The first kappa shape index (κ1) is 17.0. The number of hydrogen-bond donors (Lipinski definition) is 0. The van der Waals surface area contributed by atoms with Crippen LogP contribution in [0.25, 0.3) is 5.69 Å². The molecule has 1 amide bonds. The van der Waals surface area contributed by atoms with Crippen molar-refractivity contribution < 1.29 is 14.3 Å². The molecule has 7 heteroatoms. The van der Waals surface area contributed by atoms with E-state index in [9.17, 15) is 9.59 Å². The fourth-order valence-corrected chi connectivity index (χ4v) is 2.50. The van der Waals surface area contributed by atoms with Crippen LogP contribution in [0.2, 0.25) is 5.15 Å². The van der Waals surface area contributed by atoms with E-state index in [0.717, 1.165) is 5.69 Å². The van der Waals surface area contributed by atoms with Crippen LogP contribution in [0.5, 0.6) is 0 Å². The number of esters is 1. The summed E-state index contributed by atoms with van der Waals surface area (Å²) in [6.07, 6.45) is 0. The molecule has 0 unspecified atom stereocenters. The second kappa shape index (κ2) is 7.28. The van der Waals surface area contributed by atoms with Gasteiger partial charge in [0.25, 0.3) is 5.91 Å². The minimum absolute atomic E-state index is 0.140. The van der Waals surface area contributed by atoms with Crippen molar-refractivity contribution in [2.24, 2.45) is 0 Å². The van der Waals surface area contributed by atoms with E-state index in [1.165, 1.54) is 16.6 Å². The zero-order valence-electron chi connectivity index (χ0n) is 13.2. The van der Waals surface area contributed by atoms with Gasteiger partial charge < -0.3 is 9.64 Å². The summed E-state index contributed by atoms with van der Waals surface area (Å²) >= 11 is 6.34. The molecule has 0 radical (unpaired) electrons. The van der Waals surface area contributed by atoms with Crippen molar-refractivity contribution in [1.82, 2.24) is 14.7 Å². The Morgan fingerprint density at radius 1 is 1.30 bits per heavy atom. The van der Waals surface area contributed by atoms with Gasteiger partial charge in [0, 0.05) is 7.05 Å². The highest BCUT2D eigenvalue weighted by Crippen LogP contribution is 2.24. The number of para-hydroxylation sites is 1. The number of aryl methyl sites for hydroxylation is 1. The molecule has 6 nitrogen and oxygen atoms in total. The Morgan fingerprint density at radius 3 is 2.57 bits per heavy atom. The molecule has 1 aromatic carbocycles. The van der Waals surface area contributed by atoms with Crippen molar-refractivity contribution in [2.75, 3.05) is 20.2 Å².